The molecule has 0 aliphatic carbocycles. The quantitative estimate of drug-likeness (QED) is 0.0644. The molecule has 0 aliphatic heterocycles. The summed E-state index contributed by atoms with van der Waals surface area (Å²) in [5.41, 5.74) is 13.4. The monoisotopic (exact) mass is 1060 g/mol. The highest BCUT2D eigenvalue weighted by molar-refractivity contribution is 8.12. The normalized spacial score (nSPS) is 9.54. The fourth-order valence-electron chi connectivity index (χ4n) is 4.19. The first-order valence-electron chi connectivity index (χ1n) is 18.7. The molecule has 23 heteroatoms. The Bertz CT molecular complexity index is 2400. The number of thiazole rings is 1. The first-order chi connectivity index (χ1) is 29.7. The van der Waals surface area contributed by atoms with Gasteiger partial charge in [0.1, 0.15) is 15.7 Å². The molecule has 0 spiro atoms. The van der Waals surface area contributed by atoms with E-state index in [0.29, 0.717) is 34.1 Å². The molecular formula is C42H55N7O7S9. The van der Waals surface area contributed by atoms with Crippen molar-refractivity contribution in [2.75, 3.05) is 0 Å². The van der Waals surface area contributed by atoms with Crippen LogP contribution in [0.1, 0.15) is 130 Å². The predicted molar refractivity (Wildman–Crippen MR) is 290 cm³/mol. The lowest BCUT2D eigenvalue weighted by molar-refractivity contribution is -0.134. The zero-order chi connectivity index (χ0) is 51.4. The SMILES string of the molecule is CC(=O)O.CC(=S)S.Cc1nc(C(=O)O)oc1C.Cc1nc(C(=O)O)sc1C.Cc1nc(C(=S)S)c(C)c(C)c1C.Cc1nc(C(=S)S)nc(C)c1C.Cc1nc(C)c(C(=S)S)nc1C. The maximum Gasteiger partial charge on any atom is 0.392 e. The Morgan fingerprint density at radius 2 is 0.892 bits per heavy atom. The zero-order valence-electron chi connectivity index (χ0n) is 38.9. The van der Waals surface area contributed by atoms with E-state index in [1.165, 1.54) is 22.5 Å². The topological polar surface area (TPSA) is 215 Å². The predicted octanol–water partition coefficient (Wildman–Crippen LogP) is 10.7. The molecule has 0 aliphatic rings. The van der Waals surface area contributed by atoms with Crippen LogP contribution in [0, 0.1) is 96.9 Å². The fourth-order valence-corrected chi connectivity index (χ4v) is 5.95. The Kier molecular flexibility index (Phi) is 29.8. The number of carboxylic acid groups (broad SMARTS) is 3. The Hall–Kier alpha value is -3.68. The summed E-state index contributed by atoms with van der Waals surface area (Å²) in [7, 11) is 0. The lowest BCUT2D eigenvalue weighted by Crippen LogP contribution is -2.04. The number of oxazole rings is 1. The number of rotatable bonds is 5. The van der Waals surface area contributed by atoms with Crippen molar-refractivity contribution in [2.24, 2.45) is 0 Å². The van der Waals surface area contributed by atoms with Gasteiger partial charge in [-0.2, -0.15) is 0 Å². The number of nitrogens with zero attached hydrogens (tertiary/aromatic N) is 7. The van der Waals surface area contributed by atoms with Gasteiger partial charge in [-0.15, -0.1) is 61.9 Å². The molecule has 5 aromatic heterocycles. The number of aromatic nitrogens is 7. The van der Waals surface area contributed by atoms with Crippen molar-refractivity contribution in [3.05, 3.63) is 107 Å². The van der Waals surface area contributed by atoms with Crippen LogP contribution in [-0.2, 0) is 4.79 Å². The summed E-state index contributed by atoms with van der Waals surface area (Å²) in [6.07, 6.45) is 0. The molecule has 65 heavy (non-hydrogen) atoms. The van der Waals surface area contributed by atoms with E-state index >= 15 is 0 Å². The van der Waals surface area contributed by atoms with Gasteiger partial charge in [0.05, 0.1) is 42.6 Å². The van der Waals surface area contributed by atoms with Crippen LogP contribution in [-0.4, -0.2) is 84.9 Å². The van der Waals surface area contributed by atoms with Gasteiger partial charge in [-0.05, 0) is 126 Å². The summed E-state index contributed by atoms with van der Waals surface area (Å²) in [5, 5.41) is 24.4. The second kappa shape index (κ2) is 30.6. The molecule has 354 valence electrons. The lowest BCUT2D eigenvalue weighted by atomic mass is 10.0. The molecular weight excluding hydrogens is 1000 g/mol. The second-order valence-corrected chi connectivity index (χ2v) is 19.7. The van der Waals surface area contributed by atoms with Crippen LogP contribution in [0.5, 0.6) is 0 Å². The zero-order valence-corrected chi connectivity index (χ0v) is 46.6. The number of carbonyl (C=O) groups is 3. The first-order valence-corrected chi connectivity index (χ1v) is 22.9. The number of carboxylic acids is 3. The third kappa shape index (κ3) is 24.1. The molecule has 5 rings (SSSR count). The van der Waals surface area contributed by atoms with Gasteiger partial charge in [0.15, 0.2) is 5.82 Å². The molecule has 0 amide bonds. The molecule has 5 aromatic rings. The van der Waals surface area contributed by atoms with Crippen molar-refractivity contribution >= 4 is 145 Å². The Labute approximate surface area is 428 Å². The molecule has 0 radical (unpaired) electrons. The summed E-state index contributed by atoms with van der Waals surface area (Å²) < 4.78 is 6.98. The van der Waals surface area contributed by atoms with E-state index in [0.717, 1.165) is 74.2 Å². The Balaban J connectivity index is 0. The average Bonchev–Trinajstić information content (AvgIpc) is 3.71. The van der Waals surface area contributed by atoms with Gasteiger partial charge in [-0.25, -0.2) is 34.5 Å². The van der Waals surface area contributed by atoms with Crippen LogP contribution >= 0.6 is 111 Å². The highest BCUT2D eigenvalue weighted by Crippen LogP contribution is 2.20. The fraction of sp³-hybridized carbons (Fsp3) is 0.381. The van der Waals surface area contributed by atoms with Gasteiger partial charge in [0.2, 0.25) is 5.01 Å². The highest BCUT2D eigenvalue weighted by Gasteiger charge is 2.13. The minimum absolute atomic E-state index is 0.176. The first kappa shape index (κ1) is 63.4. The van der Waals surface area contributed by atoms with E-state index in [1.54, 1.807) is 27.7 Å². The number of thiocarbonyl (C=S) groups is 4. The van der Waals surface area contributed by atoms with E-state index in [-0.39, 0.29) is 10.9 Å². The van der Waals surface area contributed by atoms with Gasteiger partial charge in [-0.3, -0.25) is 14.8 Å². The third-order valence-electron chi connectivity index (χ3n) is 8.44. The van der Waals surface area contributed by atoms with Gasteiger partial charge >= 0.3 is 17.8 Å². The van der Waals surface area contributed by atoms with Crippen molar-refractivity contribution in [3.63, 3.8) is 0 Å². The van der Waals surface area contributed by atoms with Gasteiger partial charge in [0, 0.05) is 33.1 Å². The van der Waals surface area contributed by atoms with Gasteiger partial charge in [0.25, 0.3) is 5.97 Å². The highest BCUT2D eigenvalue weighted by atomic mass is 32.1. The van der Waals surface area contributed by atoms with Crippen molar-refractivity contribution in [3.8, 4) is 0 Å². The Morgan fingerprint density at radius 3 is 1.20 bits per heavy atom. The van der Waals surface area contributed by atoms with E-state index in [9.17, 15) is 9.59 Å². The van der Waals surface area contributed by atoms with Crippen LogP contribution in [0.3, 0.4) is 0 Å². The van der Waals surface area contributed by atoms with Crippen molar-refractivity contribution in [2.45, 2.75) is 111 Å². The molecule has 0 bridgehead atoms. The summed E-state index contributed by atoms with van der Waals surface area (Å²) in [6.45, 7) is 29.7. The molecule has 0 fully saturated rings. The van der Waals surface area contributed by atoms with Gasteiger partial charge < -0.3 is 19.7 Å². The minimum Gasteiger partial charge on any atom is -0.481 e. The number of aromatic carboxylic acids is 2. The summed E-state index contributed by atoms with van der Waals surface area (Å²) in [5.74, 6) is -2.04. The summed E-state index contributed by atoms with van der Waals surface area (Å²) in [6, 6.07) is 0. The number of pyridine rings is 1. The third-order valence-corrected chi connectivity index (χ3v) is 10.7. The molecule has 14 nitrogen and oxygen atoms in total. The van der Waals surface area contributed by atoms with Crippen LogP contribution in [0.2, 0.25) is 0 Å². The molecule has 0 saturated carbocycles. The van der Waals surface area contributed by atoms with Crippen molar-refractivity contribution < 1.29 is 34.1 Å². The van der Waals surface area contributed by atoms with Crippen LogP contribution in [0.25, 0.3) is 0 Å². The average molecular weight is 1060 g/mol. The van der Waals surface area contributed by atoms with Crippen LogP contribution in [0.15, 0.2) is 4.42 Å². The van der Waals surface area contributed by atoms with Crippen molar-refractivity contribution in [1.29, 1.82) is 0 Å². The van der Waals surface area contributed by atoms with Crippen LogP contribution < -0.4 is 0 Å². The molecule has 5 heterocycles. The molecule has 3 N–H and O–H groups in total. The lowest BCUT2D eigenvalue weighted by Gasteiger charge is -2.11. The van der Waals surface area contributed by atoms with Crippen molar-refractivity contribution in [1.82, 2.24) is 34.9 Å². The Morgan fingerprint density at radius 1 is 0.477 bits per heavy atom. The maximum absolute atomic E-state index is 10.3. The largest absolute Gasteiger partial charge is 0.481 e. The number of aliphatic carboxylic acids is 1. The molecule has 0 saturated heterocycles. The second-order valence-electron chi connectivity index (χ2n) is 13.5. The smallest absolute Gasteiger partial charge is 0.392 e. The van der Waals surface area contributed by atoms with E-state index in [2.05, 4.69) is 111 Å². The molecule has 0 atom stereocenters. The van der Waals surface area contributed by atoms with E-state index in [1.807, 2.05) is 62.3 Å². The maximum atomic E-state index is 10.3. The van der Waals surface area contributed by atoms with Crippen LogP contribution in [0.4, 0.5) is 0 Å². The summed E-state index contributed by atoms with van der Waals surface area (Å²) >= 11 is 36.3. The minimum atomic E-state index is -1.13. The van der Waals surface area contributed by atoms with E-state index in [4.69, 9.17) is 61.2 Å². The molecule has 0 unspecified atom stereocenters. The number of thiol groups is 4. The number of hydrogen-bond acceptors (Lipinski definition) is 16. The number of hydrogen-bond donors (Lipinski definition) is 7. The van der Waals surface area contributed by atoms with Gasteiger partial charge in [-0.1, -0.05) is 48.9 Å². The number of aryl methyl sites for hydroxylation is 10. The standard InChI is InChI=1S/C10H13NS2.2C8H10N2S2.C6H7NO3.C6H7NO2S.C2H4O2.C2H4S2/c1-5-6(2)8(4)11-9(7(5)3)10(12)13;1-4-5(2)10-7(8(11)12)6(3)9-4;1-4-5(2)9-7(8(11)12)10-6(4)3;2*1-3-4(2)10-5(7-3)6(8)9;2*1-2(3)4/h1-4H3,(H,12,13);2*1-3H3,(H,11,12);2*1-2H3,(H,8,9);2*1H3,(H,3,4). The molecule has 0 aromatic carbocycles. The summed E-state index contributed by atoms with van der Waals surface area (Å²) in [4.78, 5) is 59.4. The van der Waals surface area contributed by atoms with E-state index < -0.39 is 17.9 Å².